The molecule has 2 aliphatic heterocycles. The van der Waals surface area contributed by atoms with Gasteiger partial charge in [-0.1, -0.05) is 23.2 Å². The number of carbonyl (C=O) groups excluding carboxylic acids is 2. The lowest BCUT2D eigenvalue weighted by Crippen LogP contribution is -2.50. The SMILES string of the molecule is CCOC(=O)c1ccc(N2CCN(C(=O)Nc3c(Cl)cc(CN4CCCC4)cc3Cl)CC2)cc1. The Labute approximate surface area is 210 Å². The molecule has 4 rings (SSSR count). The Bertz CT molecular complexity index is 994. The summed E-state index contributed by atoms with van der Waals surface area (Å²) >= 11 is 13.0. The molecule has 2 aromatic carbocycles. The van der Waals surface area contributed by atoms with Crippen molar-refractivity contribution in [3.05, 3.63) is 57.6 Å². The van der Waals surface area contributed by atoms with Crippen LogP contribution in [0.25, 0.3) is 0 Å². The molecule has 2 fully saturated rings. The highest BCUT2D eigenvalue weighted by atomic mass is 35.5. The number of amides is 2. The van der Waals surface area contributed by atoms with E-state index in [1.54, 1.807) is 24.0 Å². The van der Waals surface area contributed by atoms with Crippen LogP contribution in [0, 0.1) is 0 Å². The molecule has 0 aliphatic carbocycles. The number of piperazine rings is 1. The van der Waals surface area contributed by atoms with Crippen LogP contribution >= 0.6 is 23.2 Å². The Kier molecular flexibility index (Phi) is 8.19. The van der Waals surface area contributed by atoms with Gasteiger partial charge in [-0.05, 0) is 74.8 Å². The number of urea groups is 1. The molecule has 0 atom stereocenters. The van der Waals surface area contributed by atoms with Crippen molar-refractivity contribution in [2.45, 2.75) is 26.3 Å². The monoisotopic (exact) mass is 504 g/mol. The fourth-order valence-corrected chi connectivity index (χ4v) is 5.04. The molecule has 0 bridgehead atoms. The molecule has 1 N–H and O–H groups in total. The van der Waals surface area contributed by atoms with E-state index < -0.39 is 0 Å². The maximum atomic E-state index is 12.9. The van der Waals surface area contributed by atoms with Crippen molar-refractivity contribution >= 4 is 46.6 Å². The predicted molar refractivity (Wildman–Crippen MR) is 136 cm³/mol. The van der Waals surface area contributed by atoms with Gasteiger partial charge in [0.05, 0.1) is 27.9 Å². The number of hydrogen-bond donors (Lipinski definition) is 1. The summed E-state index contributed by atoms with van der Waals surface area (Å²) in [6.07, 6.45) is 2.45. The standard InChI is InChI=1S/C25H30Cl2N4O3/c1-2-34-24(32)19-5-7-20(8-6-19)30-11-13-31(14-12-30)25(33)28-23-21(26)15-18(16-22(23)27)17-29-9-3-4-10-29/h5-8,15-16H,2-4,9-14,17H2,1H3,(H,28,33). The zero-order valence-corrected chi connectivity index (χ0v) is 20.9. The maximum absolute atomic E-state index is 12.9. The first-order chi connectivity index (χ1) is 16.4. The zero-order valence-electron chi connectivity index (χ0n) is 19.4. The molecule has 0 saturated carbocycles. The van der Waals surface area contributed by atoms with Gasteiger partial charge in [0.1, 0.15) is 0 Å². The quantitative estimate of drug-likeness (QED) is 0.553. The number of benzene rings is 2. The molecule has 0 aromatic heterocycles. The summed E-state index contributed by atoms with van der Waals surface area (Å²) in [5.41, 5.74) is 3.05. The van der Waals surface area contributed by atoms with Crippen molar-refractivity contribution in [2.24, 2.45) is 0 Å². The van der Waals surface area contributed by atoms with Gasteiger partial charge in [-0.2, -0.15) is 0 Å². The number of halogens is 2. The first-order valence-electron chi connectivity index (χ1n) is 11.7. The van der Waals surface area contributed by atoms with Gasteiger partial charge in [0, 0.05) is 38.4 Å². The van der Waals surface area contributed by atoms with Crippen LogP contribution in [0.5, 0.6) is 0 Å². The lowest BCUT2D eigenvalue weighted by Gasteiger charge is -2.36. The number of anilines is 2. The lowest BCUT2D eigenvalue weighted by molar-refractivity contribution is 0.0526. The molecule has 2 saturated heterocycles. The van der Waals surface area contributed by atoms with Gasteiger partial charge in [0.25, 0.3) is 0 Å². The van der Waals surface area contributed by atoms with E-state index in [0.29, 0.717) is 54.1 Å². The molecular weight excluding hydrogens is 475 g/mol. The van der Waals surface area contributed by atoms with Crippen molar-refractivity contribution in [1.82, 2.24) is 9.80 Å². The molecule has 2 heterocycles. The van der Waals surface area contributed by atoms with Crippen LogP contribution in [0.1, 0.15) is 35.7 Å². The van der Waals surface area contributed by atoms with E-state index in [-0.39, 0.29) is 12.0 Å². The maximum Gasteiger partial charge on any atom is 0.338 e. The molecule has 2 amide bonds. The third-order valence-electron chi connectivity index (χ3n) is 6.25. The molecule has 34 heavy (non-hydrogen) atoms. The fourth-order valence-electron chi connectivity index (χ4n) is 4.41. The zero-order chi connectivity index (χ0) is 24.1. The Morgan fingerprint density at radius 3 is 2.15 bits per heavy atom. The third kappa shape index (κ3) is 5.95. The largest absolute Gasteiger partial charge is 0.462 e. The minimum absolute atomic E-state index is 0.214. The van der Waals surface area contributed by atoms with E-state index in [2.05, 4.69) is 15.1 Å². The van der Waals surface area contributed by atoms with E-state index in [9.17, 15) is 9.59 Å². The van der Waals surface area contributed by atoms with Crippen LogP contribution in [-0.4, -0.2) is 67.7 Å². The average Bonchev–Trinajstić information content (AvgIpc) is 3.35. The molecule has 7 nitrogen and oxygen atoms in total. The number of nitrogens with one attached hydrogen (secondary N) is 1. The molecule has 9 heteroatoms. The normalized spacial score (nSPS) is 16.6. The molecule has 182 valence electrons. The smallest absolute Gasteiger partial charge is 0.338 e. The number of ether oxygens (including phenoxy) is 1. The third-order valence-corrected chi connectivity index (χ3v) is 6.85. The fraction of sp³-hybridized carbons (Fsp3) is 0.440. The van der Waals surface area contributed by atoms with Crippen molar-refractivity contribution in [2.75, 3.05) is 56.1 Å². The summed E-state index contributed by atoms with van der Waals surface area (Å²) in [6.45, 7) is 7.63. The Morgan fingerprint density at radius 1 is 0.941 bits per heavy atom. The molecular formula is C25H30Cl2N4O3. The second-order valence-corrected chi connectivity index (χ2v) is 9.40. The van der Waals surface area contributed by atoms with Gasteiger partial charge in [-0.3, -0.25) is 4.90 Å². The van der Waals surface area contributed by atoms with Gasteiger partial charge in [0.2, 0.25) is 0 Å². The molecule has 2 aliphatic rings. The van der Waals surface area contributed by atoms with E-state index in [1.807, 2.05) is 24.3 Å². The second-order valence-electron chi connectivity index (χ2n) is 8.59. The highest BCUT2D eigenvalue weighted by molar-refractivity contribution is 6.39. The summed E-state index contributed by atoms with van der Waals surface area (Å²) in [5.74, 6) is -0.322. The van der Waals surface area contributed by atoms with E-state index in [4.69, 9.17) is 27.9 Å². The topological polar surface area (TPSA) is 65.1 Å². The van der Waals surface area contributed by atoms with Gasteiger partial charge >= 0.3 is 12.0 Å². The lowest BCUT2D eigenvalue weighted by atomic mass is 10.2. The van der Waals surface area contributed by atoms with Crippen molar-refractivity contribution in [3.8, 4) is 0 Å². The van der Waals surface area contributed by atoms with Gasteiger partial charge in [-0.15, -0.1) is 0 Å². The summed E-state index contributed by atoms with van der Waals surface area (Å²) in [4.78, 5) is 31.0. The van der Waals surface area contributed by atoms with Gasteiger partial charge in [0.15, 0.2) is 0 Å². The first-order valence-corrected chi connectivity index (χ1v) is 12.5. The predicted octanol–water partition coefficient (Wildman–Crippen LogP) is 5.12. The van der Waals surface area contributed by atoms with E-state index >= 15 is 0 Å². The Hall–Kier alpha value is -2.48. The van der Waals surface area contributed by atoms with Gasteiger partial charge in [-0.25, -0.2) is 9.59 Å². The Balaban J connectivity index is 1.31. The first kappa shape index (κ1) is 24.6. The van der Waals surface area contributed by atoms with Crippen molar-refractivity contribution in [3.63, 3.8) is 0 Å². The van der Waals surface area contributed by atoms with Crippen LogP contribution in [0.4, 0.5) is 16.2 Å². The second kappa shape index (κ2) is 11.3. The van der Waals surface area contributed by atoms with Crippen LogP contribution < -0.4 is 10.2 Å². The minimum atomic E-state index is -0.322. The summed E-state index contributed by atoms with van der Waals surface area (Å²) in [7, 11) is 0. The van der Waals surface area contributed by atoms with Gasteiger partial charge < -0.3 is 19.9 Å². The van der Waals surface area contributed by atoms with E-state index in [0.717, 1.165) is 30.9 Å². The average molecular weight is 505 g/mol. The number of esters is 1. The number of likely N-dealkylation sites (tertiary alicyclic amines) is 1. The molecule has 0 radical (unpaired) electrons. The minimum Gasteiger partial charge on any atom is -0.462 e. The van der Waals surface area contributed by atoms with E-state index in [1.165, 1.54) is 12.8 Å². The summed E-state index contributed by atoms with van der Waals surface area (Å²) < 4.78 is 5.03. The summed E-state index contributed by atoms with van der Waals surface area (Å²) in [6, 6.07) is 10.9. The number of hydrogen-bond acceptors (Lipinski definition) is 5. The Morgan fingerprint density at radius 2 is 1.56 bits per heavy atom. The van der Waals surface area contributed by atoms with Crippen molar-refractivity contribution < 1.29 is 14.3 Å². The summed E-state index contributed by atoms with van der Waals surface area (Å²) in [5, 5.41) is 3.80. The van der Waals surface area contributed by atoms with Crippen LogP contribution in [-0.2, 0) is 11.3 Å². The van der Waals surface area contributed by atoms with Crippen LogP contribution in [0.2, 0.25) is 10.0 Å². The number of nitrogens with zero attached hydrogens (tertiary/aromatic N) is 3. The van der Waals surface area contributed by atoms with Crippen LogP contribution in [0.3, 0.4) is 0 Å². The molecule has 0 spiro atoms. The molecule has 2 aromatic rings. The number of carbonyl (C=O) groups is 2. The van der Waals surface area contributed by atoms with Crippen molar-refractivity contribution in [1.29, 1.82) is 0 Å². The highest BCUT2D eigenvalue weighted by Gasteiger charge is 2.23. The number of rotatable bonds is 6. The molecule has 0 unspecified atom stereocenters. The van der Waals surface area contributed by atoms with Crippen LogP contribution in [0.15, 0.2) is 36.4 Å². The highest BCUT2D eigenvalue weighted by Crippen LogP contribution is 2.33.